The number of carbonyl (C=O) groups excluding carboxylic acids is 1. The summed E-state index contributed by atoms with van der Waals surface area (Å²) in [4.78, 5) is 14.7. The van der Waals surface area contributed by atoms with Crippen LogP contribution in [0.3, 0.4) is 0 Å². The molecule has 4 nitrogen and oxygen atoms in total. The summed E-state index contributed by atoms with van der Waals surface area (Å²) in [5, 5.41) is 6.46. The number of hydrogen-bond acceptors (Lipinski definition) is 4. The first-order valence-corrected chi connectivity index (χ1v) is 8.74. The number of piperidine rings is 1. The molecule has 0 saturated carbocycles. The number of amides is 1. The molecule has 1 amide bonds. The Morgan fingerprint density at radius 2 is 2.20 bits per heavy atom. The van der Waals surface area contributed by atoms with E-state index in [9.17, 15) is 4.79 Å². The average molecular weight is 295 g/mol. The summed E-state index contributed by atoms with van der Waals surface area (Å²) in [6.45, 7) is 3.97. The minimum absolute atomic E-state index is 0.0933. The molecule has 0 aliphatic carbocycles. The Morgan fingerprint density at radius 1 is 1.40 bits per heavy atom. The van der Waals surface area contributed by atoms with Crippen molar-refractivity contribution in [2.75, 3.05) is 37.7 Å². The van der Waals surface area contributed by atoms with Crippen molar-refractivity contribution in [1.82, 2.24) is 15.5 Å². The van der Waals surface area contributed by atoms with Gasteiger partial charge in [-0.25, -0.2) is 0 Å². The normalized spacial score (nSPS) is 24.4. The van der Waals surface area contributed by atoms with Crippen molar-refractivity contribution in [2.45, 2.75) is 37.8 Å². The van der Waals surface area contributed by atoms with Gasteiger partial charge >= 0.3 is 0 Å². The van der Waals surface area contributed by atoms with E-state index in [-0.39, 0.29) is 11.9 Å². The van der Waals surface area contributed by atoms with E-state index in [1.165, 1.54) is 12.8 Å². The van der Waals surface area contributed by atoms with Crippen LogP contribution in [0, 0.1) is 12.3 Å². The fraction of sp³-hybridized carbons (Fsp3) is 0.800. The van der Waals surface area contributed by atoms with Gasteiger partial charge in [0.05, 0.1) is 11.8 Å². The third-order valence-corrected chi connectivity index (χ3v) is 4.97. The second-order valence-electron chi connectivity index (χ2n) is 5.42. The zero-order valence-corrected chi connectivity index (χ0v) is 12.9. The highest BCUT2D eigenvalue weighted by molar-refractivity contribution is 7.99. The molecule has 2 N–H and O–H groups in total. The Morgan fingerprint density at radius 3 is 2.95 bits per heavy atom. The summed E-state index contributed by atoms with van der Waals surface area (Å²) in [6, 6.07) is 0.682. The predicted octanol–water partition coefficient (Wildman–Crippen LogP) is 0.685. The number of nitrogens with one attached hydrogen (secondary N) is 2. The maximum absolute atomic E-state index is 12.3. The van der Waals surface area contributed by atoms with E-state index >= 15 is 0 Å². The van der Waals surface area contributed by atoms with E-state index in [2.05, 4.69) is 21.5 Å². The average Bonchev–Trinajstić information content (AvgIpc) is 2.97. The Labute approximate surface area is 126 Å². The summed E-state index contributed by atoms with van der Waals surface area (Å²) in [7, 11) is 0. The second kappa shape index (κ2) is 8.56. The van der Waals surface area contributed by atoms with Crippen LogP contribution in [0.2, 0.25) is 0 Å². The van der Waals surface area contributed by atoms with Crippen molar-refractivity contribution in [2.24, 2.45) is 0 Å². The van der Waals surface area contributed by atoms with Crippen LogP contribution >= 0.6 is 11.8 Å². The van der Waals surface area contributed by atoms with Crippen LogP contribution in [0.4, 0.5) is 0 Å². The smallest absolute Gasteiger partial charge is 0.237 e. The SMILES string of the molecule is C#CCSCCNC(=O)C1CCCN1C1CCNCC1. The van der Waals surface area contributed by atoms with Crippen LogP contribution < -0.4 is 10.6 Å². The largest absolute Gasteiger partial charge is 0.354 e. The van der Waals surface area contributed by atoms with Crippen LogP contribution in [0.5, 0.6) is 0 Å². The fourth-order valence-electron chi connectivity index (χ4n) is 3.14. The molecule has 0 aromatic rings. The molecule has 1 atom stereocenters. The molecular weight excluding hydrogens is 270 g/mol. The quantitative estimate of drug-likeness (QED) is 0.559. The first-order valence-electron chi connectivity index (χ1n) is 7.58. The van der Waals surface area contributed by atoms with Crippen molar-refractivity contribution in [1.29, 1.82) is 0 Å². The van der Waals surface area contributed by atoms with Gasteiger partial charge in [-0.1, -0.05) is 5.92 Å². The maximum atomic E-state index is 12.3. The monoisotopic (exact) mass is 295 g/mol. The maximum Gasteiger partial charge on any atom is 0.237 e. The molecule has 0 spiro atoms. The van der Waals surface area contributed by atoms with Gasteiger partial charge in [0.15, 0.2) is 0 Å². The van der Waals surface area contributed by atoms with Gasteiger partial charge in [-0.05, 0) is 45.3 Å². The number of nitrogens with zero attached hydrogens (tertiary/aromatic N) is 1. The molecular formula is C15H25N3OS. The first kappa shape index (κ1) is 15.7. The lowest BCUT2D eigenvalue weighted by Crippen LogP contribution is -2.51. The molecule has 0 aromatic heterocycles. The molecule has 2 aliphatic heterocycles. The molecule has 1 unspecified atom stereocenters. The Balaban J connectivity index is 1.74. The molecule has 2 heterocycles. The van der Waals surface area contributed by atoms with Gasteiger partial charge in [0, 0.05) is 18.3 Å². The van der Waals surface area contributed by atoms with Crippen LogP contribution in [0.15, 0.2) is 0 Å². The summed E-state index contributed by atoms with van der Waals surface area (Å²) in [5.41, 5.74) is 0. The number of terminal acetylenes is 1. The van der Waals surface area contributed by atoms with Crippen molar-refractivity contribution in [3.05, 3.63) is 0 Å². The fourth-order valence-corrected chi connectivity index (χ4v) is 3.65. The molecule has 20 heavy (non-hydrogen) atoms. The second-order valence-corrected chi connectivity index (χ2v) is 6.53. The van der Waals surface area contributed by atoms with Gasteiger partial charge in [-0.2, -0.15) is 0 Å². The van der Waals surface area contributed by atoms with Gasteiger partial charge in [0.25, 0.3) is 0 Å². The highest BCUT2D eigenvalue weighted by Gasteiger charge is 2.35. The standard InChI is InChI=1S/C15H25N3OS/c1-2-11-20-12-9-17-15(19)14-4-3-10-18(14)13-5-7-16-8-6-13/h1,13-14,16H,3-12H2,(H,17,19). The van der Waals surface area contributed by atoms with E-state index in [0.29, 0.717) is 6.04 Å². The van der Waals surface area contributed by atoms with E-state index in [4.69, 9.17) is 6.42 Å². The zero-order chi connectivity index (χ0) is 14.2. The van der Waals surface area contributed by atoms with E-state index in [1.54, 1.807) is 11.8 Å². The highest BCUT2D eigenvalue weighted by Crippen LogP contribution is 2.24. The van der Waals surface area contributed by atoms with Crippen molar-refractivity contribution < 1.29 is 4.79 Å². The van der Waals surface area contributed by atoms with E-state index in [0.717, 1.165) is 50.5 Å². The number of thioether (sulfide) groups is 1. The van der Waals surface area contributed by atoms with E-state index in [1.807, 2.05) is 0 Å². The van der Waals surface area contributed by atoms with Crippen LogP contribution in [-0.2, 0) is 4.79 Å². The van der Waals surface area contributed by atoms with Gasteiger partial charge in [0.1, 0.15) is 0 Å². The van der Waals surface area contributed by atoms with Gasteiger partial charge in [-0.15, -0.1) is 18.2 Å². The summed E-state index contributed by atoms with van der Waals surface area (Å²) >= 11 is 1.69. The molecule has 5 heteroatoms. The first-order chi connectivity index (χ1) is 9.83. The summed E-state index contributed by atoms with van der Waals surface area (Å²) in [6.07, 6.45) is 9.69. The number of rotatable bonds is 6. The molecule has 2 rings (SSSR count). The Bertz CT molecular complexity index is 350. The topological polar surface area (TPSA) is 44.4 Å². The van der Waals surface area contributed by atoms with Gasteiger partial charge in [0.2, 0.25) is 5.91 Å². The summed E-state index contributed by atoms with van der Waals surface area (Å²) in [5.74, 6) is 4.43. The minimum atomic E-state index is 0.0933. The lowest BCUT2D eigenvalue weighted by atomic mass is 10.0. The van der Waals surface area contributed by atoms with Crippen molar-refractivity contribution in [3.8, 4) is 12.3 Å². The van der Waals surface area contributed by atoms with Gasteiger partial charge < -0.3 is 10.6 Å². The molecule has 0 aromatic carbocycles. The Hall–Kier alpha value is -0.700. The molecule has 112 valence electrons. The molecule has 2 fully saturated rings. The highest BCUT2D eigenvalue weighted by atomic mass is 32.2. The third kappa shape index (κ3) is 4.41. The Kier molecular flexibility index (Phi) is 6.71. The molecule has 0 radical (unpaired) electrons. The number of likely N-dealkylation sites (tertiary alicyclic amines) is 1. The predicted molar refractivity (Wildman–Crippen MR) is 84.8 cm³/mol. The minimum Gasteiger partial charge on any atom is -0.354 e. The van der Waals surface area contributed by atoms with Crippen LogP contribution in [-0.4, -0.2) is 60.6 Å². The lowest BCUT2D eigenvalue weighted by molar-refractivity contribution is -0.126. The van der Waals surface area contributed by atoms with Crippen LogP contribution in [0.25, 0.3) is 0 Å². The van der Waals surface area contributed by atoms with Crippen molar-refractivity contribution >= 4 is 17.7 Å². The van der Waals surface area contributed by atoms with Gasteiger partial charge in [-0.3, -0.25) is 9.69 Å². The lowest BCUT2D eigenvalue weighted by Gasteiger charge is -2.35. The molecule has 0 bridgehead atoms. The molecule has 2 aliphatic rings. The number of hydrogen-bond donors (Lipinski definition) is 2. The third-order valence-electron chi connectivity index (χ3n) is 4.11. The molecule has 2 saturated heterocycles. The summed E-state index contributed by atoms with van der Waals surface area (Å²) < 4.78 is 0. The number of carbonyl (C=O) groups is 1. The van der Waals surface area contributed by atoms with Crippen molar-refractivity contribution in [3.63, 3.8) is 0 Å². The van der Waals surface area contributed by atoms with E-state index < -0.39 is 0 Å². The van der Waals surface area contributed by atoms with Crippen LogP contribution in [0.1, 0.15) is 25.7 Å². The zero-order valence-electron chi connectivity index (χ0n) is 12.1.